The van der Waals surface area contributed by atoms with Crippen molar-refractivity contribution in [2.24, 2.45) is 0 Å². The number of hydrogen-bond donors (Lipinski definition) is 0. The highest BCUT2D eigenvalue weighted by atomic mass is 32.2. The van der Waals surface area contributed by atoms with Crippen molar-refractivity contribution < 1.29 is 14.4 Å². The first kappa shape index (κ1) is 16.0. The summed E-state index contributed by atoms with van der Waals surface area (Å²) in [7, 11) is 0. The number of nitrogens with zero attached hydrogens (tertiary/aromatic N) is 2. The summed E-state index contributed by atoms with van der Waals surface area (Å²) in [6.07, 6.45) is 3.89. The van der Waals surface area contributed by atoms with Gasteiger partial charge in [-0.05, 0) is 39.1 Å². The van der Waals surface area contributed by atoms with E-state index in [4.69, 9.17) is 0 Å². The Balaban J connectivity index is 2.63. The monoisotopic (exact) mass is 286 g/mol. The highest BCUT2D eigenvalue weighted by molar-refractivity contribution is 7.99. The van der Waals surface area contributed by atoms with E-state index in [-0.39, 0.29) is 4.75 Å². The van der Waals surface area contributed by atoms with Crippen LogP contribution in [0.25, 0.3) is 0 Å². The van der Waals surface area contributed by atoms with Gasteiger partial charge in [-0.2, -0.15) is 4.31 Å². The van der Waals surface area contributed by atoms with Crippen molar-refractivity contribution in [2.75, 3.05) is 6.54 Å². The van der Waals surface area contributed by atoms with E-state index in [1.807, 2.05) is 20.8 Å². The third-order valence-electron chi connectivity index (χ3n) is 2.62. The molecular weight excluding hydrogens is 264 g/mol. The van der Waals surface area contributed by atoms with E-state index in [1.54, 1.807) is 0 Å². The molecule has 6 heteroatoms. The largest absolute Gasteiger partial charge is 0.344 e. The second-order valence-corrected chi connectivity index (χ2v) is 7.38. The predicted octanol–water partition coefficient (Wildman–Crippen LogP) is 2.80. The second kappa shape index (κ2) is 6.41. The van der Waals surface area contributed by atoms with Crippen molar-refractivity contribution in [3.8, 4) is 0 Å². The van der Waals surface area contributed by atoms with Crippen LogP contribution >= 0.6 is 11.9 Å². The number of carbonyl (C=O) groups excluding carboxylic acids is 3. The maximum atomic E-state index is 12.1. The van der Waals surface area contributed by atoms with Gasteiger partial charge >= 0.3 is 17.8 Å². The van der Waals surface area contributed by atoms with Crippen LogP contribution in [0.1, 0.15) is 53.4 Å². The van der Waals surface area contributed by atoms with Crippen molar-refractivity contribution in [2.45, 2.75) is 58.1 Å². The van der Waals surface area contributed by atoms with Gasteiger partial charge in [0.15, 0.2) is 0 Å². The van der Waals surface area contributed by atoms with Crippen molar-refractivity contribution in [1.29, 1.82) is 0 Å². The Hall–Kier alpha value is -1.04. The van der Waals surface area contributed by atoms with Crippen LogP contribution < -0.4 is 0 Å². The van der Waals surface area contributed by atoms with Gasteiger partial charge in [0.2, 0.25) is 0 Å². The molecule has 0 atom stereocenters. The van der Waals surface area contributed by atoms with Gasteiger partial charge in [0.1, 0.15) is 0 Å². The summed E-state index contributed by atoms with van der Waals surface area (Å²) in [5.41, 5.74) is 0. The molecule has 1 aliphatic heterocycles. The fourth-order valence-electron chi connectivity index (χ4n) is 1.73. The quantitative estimate of drug-likeness (QED) is 0.326. The lowest BCUT2D eigenvalue weighted by atomic mass is 10.2. The summed E-state index contributed by atoms with van der Waals surface area (Å²) in [5.74, 6) is -1.42. The Bertz CT molecular complexity index is 377. The van der Waals surface area contributed by atoms with E-state index in [9.17, 15) is 14.4 Å². The Kier molecular flexibility index (Phi) is 5.40. The fraction of sp³-hybridized carbons (Fsp3) is 0.769. The molecule has 0 bridgehead atoms. The van der Waals surface area contributed by atoms with E-state index < -0.39 is 17.8 Å². The van der Waals surface area contributed by atoms with Crippen molar-refractivity contribution in [3.05, 3.63) is 0 Å². The van der Waals surface area contributed by atoms with Gasteiger partial charge in [-0.3, -0.25) is 14.5 Å². The van der Waals surface area contributed by atoms with E-state index >= 15 is 0 Å². The lowest BCUT2D eigenvalue weighted by molar-refractivity contribution is -0.141. The van der Waals surface area contributed by atoms with E-state index in [1.165, 1.54) is 0 Å². The van der Waals surface area contributed by atoms with Crippen LogP contribution in [0.3, 0.4) is 0 Å². The lowest BCUT2D eigenvalue weighted by Gasteiger charge is -2.22. The SMILES string of the molecule is CCCCCCN1C(=O)C(=O)N(SC(C)(C)C)C1=O. The molecule has 4 amide bonds. The number of amides is 4. The molecule has 0 saturated carbocycles. The molecule has 1 saturated heterocycles. The standard InChI is InChI=1S/C13H22N2O3S/c1-5-6-7-8-9-14-10(16)11(17)15(12(14)18)19-13(2,3)4/h5-9H2,1-4H3. The molecule has 0 aliphatic carbocycles. The van der Waals surface area contributed by atoms with Gasteiger partial charge < -0.3 is 0 Å². The van der Waals surface area contributed by atoms with Gasteiger partial charge in [0.25, 0.3) is 0 Å². The number of unbranched alkanes of at least 4 members (excludes halogenated alkanes) is 3. The van der Waals surface area contributed by atoms with Crippen molar-refractivity contribution in [3.63, 3.8) is 0 Å². The summed E-state index contributed by atoms with van der Waals surface area (Å²) in [4.78, 5) is 36.7. The average molecular weight is 286 g/mol. The van der Waals surface area contributed by atoms with Crippen LogP contribution in [0.15, 0.2) is 0 Å². The first-order valence-corrected chi connectivity index (χ1v) is 7.44. The van der Waals surface area contributed by atoms with Crippen molar-refractivity contribution >= 4 is 29.8 Å². The number of urea groups is 1. The molecule has 0 aromatic rings. The summed E-state index contributed by atoms with van der Waals surface area (Å²) in [6.45, 7) is 8.12. The number of imide groups is 2. The summed E-state index contributed by atoms with van der Waals surface area (Å²) < 4.78 is 0.700. The summed E-state index contributed by atoms with van der Waals surface area (Å²) in [6, 6.07) is -0.494. The Labute approximate surface area is 118 Å². The molecular formula is C13H22N2O3S. The predicted molar refractivity (Wildman–Crippen MR) is 75.4 cm³/mol. The zero-order valence-corrected chi connectivity index (χ0v) is 12.9. The van der Waals surface area contributed by atoms with Crippen LogP contribution in [0.5, 0.6) is 0 Å². The molecule has 5 nitrogen and oxygen atoms in total. The molecule has 0 N–H and O–H groups in total. The average Bonchev–Trinajstić information content (AvgIpc) is 2.49. The molecule has 1 rings (SSSR count). The van der Waals surface area contributed by atoms with Gasteiger partial charge in [0, 0.05) is 11.3 Å². The van der Waals surface area contributed by atoms with E-state index in [0.717, 1.165) is 46.8 Å². The first-order chi connectivity index (χ1) is 8.78. The lowest BCUT2D eigenvalue weighted by Crippen LogP contribution is -2.33. The minimum atomic E-state index is -0.722. The molecule has 0 unspecified atom stereocenters. The molecule has 108 valence electrons. The molecule has 0 aromatic carbocycles. The smallest absolute Gasteiger partial charge is 0.263 e. The minimum Gasteiger partial charge on any atom is -0.263 e. The van der Waals surface area contributed by atoms with Gasteiger partial charge in [-0.1, -0.05) is 26.2 Å². The van der Waals surface area contributed by atoms with Crippen LogP contribution in [0, 0.1) is 0 Å². The third-order valence-corrected chi connectivity index (χ3v) is 3.67. The molecule has 0 spiro atoms. The zero-order chi connectivity index (χ0) is 14.6. The number of hydrogen-bond acceptors (Lipinski definition) is 4. The van der Waals surface area contributed by atoms with E-state index in [2.05, 4.69) is 6.92 Å². The van der Waals surface area contributed by atoms with Crippen LogP contribution in [0.4, 0.5) is 4.79 Å². The van der Waals surface area contributed by atoms with Gasteiger partial charge in [-0.15, -0.1) is 0 Å². The Morgan fingerprint density at radius 3 is 2.16 bits per heavy atom. The van der Waals surface area contributed by atoms with Crippen molar-refractivity contribution in [1.82, 2.24) is 9.21 Å². The second-order valence-electron chi connectivity index (χ2n) is 5.60. The molecule has 1 aliphatic rings. The van der Waals surface area contributed by atoms with Crippen LogP contribution in [0.2, 0.25) is 0 Å². The molecule has 0 aromatic heterocycles. The topological polar surface area (TPSA) is 57.7 Å². The van der Waals surface area contributed by atoms with Gasteiger partial charge in [-0.25, -0.2) is 4.79 Å². The summed E-state index contributed by atoms with van der Waals surface area (Å²) >= 11 is 1.10. The highest BCUT2D eigenvalue weighted by Crippen LogP contribution is 2.31. The maximum Gasteiger partial charge on any atom is 0.344 e. The minimum absolute atomic E-state index is 0.288. The molecule has 19 heavy (non-hydrogen) atoms. The van der Waals surface area contributed by atoms with E-state index in [0.29, 0.717) is 6.54 Å². The number of carbonyl (C=O) groups is 3. The zero-order valence-electron chi connectivity index (χ0n) is 12.1. The fourth-order valence-corrected chi connectivity index (χ4v) is 2.62. The van der Waals surface area contributed by atoms with Crippen LogP contribution in [-0.4, -0.2) is 38.3 Å². The van der Waals surface area contributed by atoms with Crippen LogP contribution in [-0.2, 0) is 9.59 Å². The summed E-state index contributed by atoms with van der Waals surface area (Å²) in [5, 5.41) is 0. The molecule has 1 fully saturated rings. The van der Waals surface area contributed by atoms with Gasteiger partial charge in [0.05, 0.1) is 0 Å². The third kappa shape index (κ3) is 4.23. The maximum absolute atomic E-state index is 12.1. The number of rotatable bonds is 6. The Morgan fingerprint density at radius 1 is 1.00 bits per heavy atom. The first-order valence-electron chi connectivity index (χ1n) is 6.67. The normalized spacial score (nSPS) is 16.7. The highest BCUT2D eigenvalue weighted by Gasteiger charge is 2.46. The Morgan fingerprint density at radius 2 is 1.63 bits per heavy atom. The molecule has 0 radical (unpaired) electrons. The molecule has 1 heterocycles.